The largest absolute Gasteiger partial charge is 0.497 e. The maximum Gasteiger partial charge on any atom is 0.264 e. The number of nitrogens with one attached hydrogen (secondary N) is 1. The third-order valence-corrected chi connectivity index (χ3v) is 8.44. The zero-order valence-corrected chi connectivity index (χ0v) is 24.3. The Labute approximate surface area is 239 Å². The number of sulfonamides is 1. The number of hydrogen-bond acceptors (Lipinski definition) is 5. The molecule has 3 rings (SSSR count). The van der Waals surface area contributed by atoms with Crippen LogP contribution in [0.3, 0.4) is 0 Å². The summed E-state index contributed by atoms with van der Waals surface area (Å²) in [6.45, 7) is 3.37. The second-order valence-corrected chi connectivity index (χ2v) is 11.3. The van der Waals surface area contributed by atoms with E-state index in [9.17, 15) is 18.0 Å². The molecule has 39 heavy (non-hydrogen) atoms. The monoisotopic (exact) mass is 591 g/mol. The molecule has 0 aliphatic rings. The number of amides is 2. The smallest absolute Gasteiger partial charge is 0.264 e. The van der Waals surface area contributed by atoms with E-state index in [-0.39, 0.29) is 23.0 Å². The number of benzene rings is 3. The van der Waals surface area contributed by atoms with Crippen LogP contribution < -0.4 is 14.4 Å². The van der Waals surface area contributed by atoms with Crippen molar-refractivity contribution in [3.05, 3.63) is 88.4 Å². The van der Waals surface area contributed by atoms with Gasteiger partial charge in [0.15, 0.2) is 0 Å². The van der Waals surface area contributed by atoms with Crippen LogP contribution in [0.15, 0.2) is 77.7 Å². The number of likely N-dealkylation sites (N-methyl/N-ethyl adjacent to an activating group) is 1. The van der Waals surface area contributed by atoms with Crippen molar-refractivity contribution >= 4 is 50.7 Å². The topological polar surface area (TPSA) is 96.0 Å². The van der Waals surface area contributed by atoms with Crippen molar-refractivity contribution < 1.29 is 22.7 Å². The maximum atomic E-state index is 14.0. The third-order valence-electron chi connectivity index (χ3n) is 6.06. The van der Waals surface area contributed by atoms with E-state index in [0.717, 1.165) is 4.31 Å². The number of carbonyl (C=O) groups is 2. The van der Waals surface area contributed by atoms with E-state index in [1.54, 1.807) is 74.5 Å². The second kappa shape index (κ2) is 13.7. The Balaban J connectivity index is 2.07. The Kier molecular flexibility index (Phi) is 10.6. The molecule has 0 radical (unpaired) electrons. The minimum atomic E-state index is -4.15. The highest BCUT2D eigenvalue weighted by atomic mass is 35.5. The van der Waals surface area contributed by atoms with E-state index in [1.807, 2.05) is 0 Å². The van der Waals surface area contributed by atoms with E-state index in [2.05, 4.69) is 5.32 Å². The lowest BCUT2D eigenvalue weighted by atomic mass is 10.1. The van der Waals surface area contributed by atoms with Gasteiger partial charge in [0.2, 0.25) is 11.8 Å². The summed E-state index contributed by atoms with van der Waals surface area (Å²) in [6.07, 6.45) is 0.302. The SMILES string of the molecule is CCNC(=O)[C@H](CC)N(Cc1ccc(Cl)cc1Cl)C(=O)CN(c1ccc(OC)cc1)S(=O)(=O)c1ccccc1. The Morgan fingerprint density at radius 1 is 0.974 bits per heavy atom. The molecular formula is C28H31Cl2N3O5S. The van der Waals surface area contributed by atoms with Gasteiger partial charge in [-0.25, -0.2) is 8.42 Å². The van der Waals surface area contributed by atoms with Gasteiger partial charge in [-0.05, 0) is 67.4 Å². The van der Waals surface area contributed by atoms with Crippen LogP contribution in [0.1, 0.15) is 25.8 Å². The number of hydrogen-bond donors (Lipinski definition) is 1. The van der Waals surface area contributed by atoms with Gasteiger partial charge in [-0.15, -0.1) is 0 Å². The summed E-state index contributed by atoms with van der Waals surface area (Å²) in [6, 6.07) is 18.2. The highest BCUT2D eigenvalue weighted by molar-refractivity contribution is 7.92. The van der Waals surface area contributed by atoms with Crippen molar-refractivity contribution in [2.24, 2.45) is 0 Å². The second-order valence-electron chi connectivity index (χ2n) is 8.60. The molecule has 0 aliphatic carbocycles. The summed E-state index contributed by atoms with van der Waals surface area (Å²) in [5, 5.41) is 3.52. The van der Waals surface area contributed by atoms with Gasteiger partial charge in [0.25, 0.3) is 10.0 Å². The van der Waals surface area contributed by atoms with Gasteiger partial charge in [-0.2, -0.15) is 0 Å². The molecule has 0 unspecified atom stereocenters. The van der Waals surface area contributed by atoms with Crippen LogP contribution in [0.2, 0.25) is 10.0 Å². The molecule has 0 heterocycles. The molecule has 1 atom stereocenters. The van der Waals surface area contributed by atoms with Crippen LogP contribution >= 0.6 is 23.2 Å². The molecule has 3 aromatic rings. The minimum absolute atomic E-state index is 0.0215. The van der Waals surface area contributed by atoms with Crippen LogP contribution in [0.5, 0.6) is 5.75 Å². The fraction of sp³-hybridized carbons (Fsp3) is 0.286. The number of rotatable bonds is 12. The van der Waals surface area contributed by atoms with Crippen LogP contribution in [0.25, 0.3) is 0 Å². The molecule has 0 aliphatic heterocycles. The van der Waals surface area contributed by atoms with Crippen LogP contribution in [-0.4, -0.2) is 51.4 Å². The number of anilines is 1. The van der Waals surface area contributed by atoms with E-state index in [0.29, 0.717) is 34.3 Å². The average Bonchev–Trinajstić information content (AvgIpc) is 2.93. The summed E-state index contributed by atoms with van der Waals surface area (Å²) >= 11 is 12.5. The van der Waals surface area contributed by atoms with Crippen LogP contribution in [-0.2, 0) is 26.2 Å². The molecular weight excluding hydrogens is 561 g/mol. The van der Waals surface area contributed by atoms with Crippen molar-refractivity contribution in [1.82, 2.24) is 10.2 Å². The Morgan fingerprint density at radius 3 is 2.21 bits per heavy atom. The Morgan fingerprint density at radius 2 is 1.64 bits per heavy atom. The lowest BCUT2D eigenvalue weighted by Crippen LogP contribution is -2.52. The number of carbonyl (C=O) groups excluding carboxylic acids is 2. The molecule has 0 saturated carbocycles. The Bertz CT molecular complexity index is 1390. The molecule has 2 amide bonds. The first kappa shape index (κ1) is 30.3. The van der Waals surface area contributed by atoms with Crippen LogP contribution in [0.4, 0.5) is 5.69 Å². The zero-order valence-electron chi connectivity index (χ0n) is 21.9. The standard InChI is InChI=1S/C28H31Cl2N3O5S/c1-4-26(28(35)31-5-2)32(18-20-11-12-21(29)17-25(20)30)27(34)19-33(22-13-15-23(38-3)16-14-22)39(36,37)24-9-7-6-8-10-24/h6-17,26H,4-5,18-19H2,1-3H3,(H,31,35)/t26-/m0/s1. The highest BCUT2D eigenvalue weighted by Crippen LogP contribution is 2.28. The van der Waals surface area contributed by atoms with Crippen molar-refractivity contribution in [2.75, 3.05) is 24.5 Å². The first-order valence-electron chi connectivity index (χ1n) is 12.3. The molecule has 0 aromatic heterocycles. The normalized spacial score (nSPS) is 11.9. The van der Waals surface area contributed by atoms with Gasteiger partial charge < -0.3 is 15.0 Å². The molecule has 11 heteroatoms. The van der Waals surface area contributed by atoms with Gasteiger partial charge in [0.1, 0.15) is 18.3 Å². The predicted octanol–water partition coefficient (Wildman–Crippen LogP) is 5.14. The number of ether oxygens (including phenoxy) is 1. The number of nitrogens with zero attached hydrogens (tertiary/aromatic N) is 2. The predicted molar refractivity (Wildman–Crippen MR) is 154 cm³/mol. The molecule has 3 aromatic carbocycles. The minimum Gasteiger partial charge on any atom is -0.497 e. The summed E-state index contributed by atoms with van der Waals surface area (Å²) < 4.78 is 33.8. The first-order chi connectivity index (χ1) is 18.6. The molecule has 0 saturated heterocycles. The van der Waals surface area contributed by atoms with Gasteiger partial charge in [0.05, 0.1) is 17.7 Å². The van der Waals surface area contributed by atoms with Gasteiger partial charge >= 0.3 is 0 Å². The quantitative estimate of drug-likeness (QED) is 0.314. The molecule has 0 fully saturated rings. The maximum absolute atomic E-state index is 14.0. The van der Waals surface area contributed by atoms with E-state index in [4.69, 9.17) is 27.9 Å². The molecule has 1 N–H and O–H groups in total. The van der Waals surface area contributed by atoms with Crippen molar-refractivity contribution in [3.63, 3.8) is 0 Å². The summed E-state index contributed by atoms with van der Waals surface area (Å²) in [7, 11) is -2.65. The summed E-state index contributed by atoms with van der Waals surface area (Å²) in [4.78, 5) is 28.3. The van der Waals surface area contributed by atoms with E-state index >= 15 is 0 Å². The van der Waals surface area contributed by atoms with Crippen LogP contribution in [0, 0.1) is 0 Å². The average molecular weight is 593 g/mol. The zero-order chi connectivity index (χ0) is 28.6. The fourth-order valence-corrected chi connectivity index (χ4v) is 5.95. The lowest BCUT2D eigenvalue weighted by Gasteiger charge is -2.33. The first-order valence-corrected chi connectivity index (χ1v) is 14.5. The van der Waals surface area contributed by atoms with E-state index in [1.165, 1.54) is 24.1 Å². The third kappa shape index (κ3) is 7.44. The summed E-state index contributed by atoms with van der Waals surface area (Å²) in [5.74, 6) is -0.391. The highest BCUT2D eigenvalue weighted by Gasteiger charge is 2.33. The molecule has 0 spiro atoms. The molecule has 8 nitrogen and oxygen atoms in total. The van der Waals surface area contributed by atoms with Crippen molar-refractivity contribution in [3.8, 4) is 5.75 Å². The van der Waals surface area contributed by atoms with Gasteiger partial charge in [0, 0.05) is 23.1 Å². The molecule has 0 bridgehead atoms. The molecule has 208 valence electrons. The Hall–Kier alpha value is -3.27. The van der Waals surface area contributed by atoms with Crippen molar-refractivity contribution in [2.45, 2.75) is 37.8 Å². The lowest BCUT2D eigenvalue weighted by molar-refractivity contribution is -0.140. The number of halogens is 2. The van der Waals surface area contributed by atoms with Gasteiger partial charge in [-0.1, -0.05) is 54.4 Å². The van der Waals surface area contributed by atoms with Crippen molar-refractivity contribution in [1.29, 1.82) is 0 Å². The summed E-state index contributed by atoms with van der Waals surface area (Å²) in [5.41, 5.74) is 0.836. The number of methoxy groups -OCH3 is 1. The van der Waals surface area contributed by atoms with E-state index < -0.39 is 28.5 Å². The fourth-order valence-electron chi connectivity index (χ4n) is 4.04. The van der Waals surface area contributed by atoms with Gasteiger partial charge in [-0.3, -0.25) is 13.9 Å².